The molecule has 0 radical (unpaired) electrons. The van der Waals surface area contributed by atoms with E-state index < -0.39 is 0 Å². The van der Waals surface area contributed by atoms with Crippen molar-refractivity contribution in [2.75, 3.05) is 7.18 Å². The average molecular weight is 415 g/mol. The predicted molar refractivity (Wildman–Crippen MR) is 120 cm³/mol. The molecule has 4 atom stereocenters. The first-order valence-electron chi connectivity index (χ1n) is 11.8. The van der Waals surface area contributed by atoms with Gasteiger partial charge < -0.3 is 11.1 Å². The van der Waals surface area contributed by atoms with Crippen LogP contribution in [0.2, 0.25) is 0 Å². The number of benzene rings is 1. The molecule has 0 aliphatic heterocycles. The van der Waals surface area contributed by atoms with Crippen LogP contribution >= 0.6 is 0 Å². The Bertz CT molecular complexity index is 750. The third kappa shape index (κ3) is 3.81. The second kappa shape index (κ2) is 7.93. The van der Waals surface area contributed by atoms with Gasteiger partial charge in [0.15, 0.2) is 0 Å². The molecule has 1 spiro atoms. The number of amides is 1. The van der Waals surface area contributed by atoms with E-state index in [1.807, 2.05) is 0 Å². The number of nitrogens with two attached hydrogens (primary N) is 1. The molecule has 1 aromatic carbocycles. The Labute approximate surface area is 181 Å². The van der Waals surface area contributed by atoms with Gasteiger partial charge in [-0.05, 0) is 86.0 Å². The summed E-state index contributed by atoms with van der Waals surface area (Å²) >= 11 is 0. The van der Waals surface area contributed by atoms with Gasteiger partial charge in [0.25, 0.3) is 0 Å². The molecule has 0 aromatic heterocycles. The molecule has 5 rings (SSSR count). The molecule has 2 bridgehead atoms. The van der Waals surface area contributed by atoms with Gasteiger partial charge in [0, 0.05) is 17.5 Å². The van der Waals surface area contributed by atoms with Crippen LogP contribution in [0, 0.1) is 22.7 Å². The van der Waals surface area contributed by atoms with Crippen LogP contribution in [0.1, 0.15) is 77.2 Å². The van der Waals surface area contributed by atoms with Gasteiger partial charge >= 0.3 is 0 Å². The first-order chi connectivity index (χ1) is 14.3. The summed E-state index contributed by atoms with van der Waals surface area (Å²) in [6.45, 7) is 4.65. The van der Waals surface area contributed by atoms with Gasteiger partial charge in [-0.1, -0.05) is 44.2 Å². The van der Waals surface area contributed by atoms with Crippen LogP contribution in [0.3, 0.4) is 0 Å². The van der Waals surface area contributed by atoms with E-state index in [2.05, 4.69) is 49.5 Å². The summed E-state index contributed by atoms with van der Waals surface area (Å²) in [4.78, 5) is 13.5. The lowest BCUT2D eigenvalue weighted by Crippen LogP contribution is -2.61. The third-order valence-electron chi connectivity index (χ3n) is 8.64. The van der Waals surface area contributed by atoms with Crippen molar-refractivity contribution in [2.24, 2.45) is 28.4 Å². The summed E-state index contributed by atoms with van der Waals surface area (Å²) in [6, 6.07) is 11.8. The normalized spacial score (nSPS) is 44.2. The summed E-state index contributed by atoms with van der Waals surface area (Å²) < 4.78 is 9.50. The molecule has 4 aliphatic rings. The fourth-order valence-electron chi connectivity index (χ4n) is 7.93. The lowest BCUT2D eigenvalue weighted by Gasteiger charge is -2.58. The molecule has 166 valence electrons. The molecule has 3 nitrogen and oxygen atoms in total. The highest BCUT2D eigenvalue weighted by atomic mass is 19.1. The first-order valence-corrected chi connectivity index (χ1v) is 11.8. The maximum Gasteiger partial charge on any atom is 0.226 e. The van der Waals surface area contributed by atoms with E-state index in [1.165, 1.54) is 24.8 Å². The molecule has 1 aromatic rings. The van der Waals surface area contributed by atoms with Crippen molar-refractivity contribution in [3.63, 3.8) is 0 Å². The van der Waals surface area contributed by atoms with Gasteiger partial charge in [0.2, 0.25) is 5.91 Å². The lowest BCUT2D eigenvalue weighted by atomic mass is 9.50. The molecule has 1 amide bonds. The molecular formula is C26H39FN2O. The smallest absolute Gasteiger partial charge is 0.226 e. The second-order valence-corrected chi connectivity index (χ2v) is 11.5. The molecule has 4 fully saturated rings. The zero-order chi connectivity index (χ0) is 21.6. The van der Waals surface area contributed by atoms with Crippen molar-refractivity contribution in [3.8, 4) is 0 Å². The molecule has 4 saturated carbocycles. The van der Waals surface area contributed by atoms with Crippen molar-refractivity contribution in [1.82, 2.24) is 5.32 Å². The lowest BCUT2D eigenvalue weighted by molar-refractivity contribution is -0.140. The fraction of sp³-hybridized carbons (Fsp3) is 0.731. The van der Waals surface area contributed by atoms with Gasteiger partial charge in [-0.15, -0.1) is 0 Å². The number of carbonyl (C=O) groups excluding carboxylic acids is 1. The summed E-state index contributed by atoms with van der Waals surface area (Å²) in [7, 11) is 0.500. The topological polar surface area (TPSA) is 55.1 Å². The molecule has 4 aliphatic carbocycles. The van der Waals surface area contributed by atoms with Crippen molar-refractivity contribution in [1.29, 1.82) is 0 Å². The Kier molecular flexibility index (Phi) is 5.76. The van der Waals surface area contributed by atoms with Crippen molar-refractivity contribution >= 4 is 5.91 Å². The maximum absolute atomic E-state index is 13.5. The first kappa shape index (κ1) is 21.8. The number of halogens is 1. The van der Waals surface area contributed by atoms with Gasteiger partial charge in [-0.3, -0.25) is 9.18 Å². The minimum atomic E-state index is -0.238. The minimum absolute atomic E-state index is 0.176. The molecule has 0 heterocycles. The average Bonchev–Trinajstić information content (AvgIpc) is 2.66. The fourth-order valence-corrected chi connectivity index (χ4v) is 7.93. The maximum atomic E-state index is 13.5. The summed E-state index contributed by atoms with van der Waals surface area (Å²) in [5.41, 5.74) is 7.86. The molecule has 4 unspecified atom stereocenters. The Hall–Kier alpha value is -1.42. The number of fused-ring (bicyclic) bond motifs is 2. The SMILES string of the molecule is CC1CC2CC(C)(C(=O)NC3CC4(CC(N)C4)C3)CC(c3ccccc3)(C1)C2.CF. The minimum Gasteiger partial charge on any atom is -0.353 e. The number of nitrogens with one attached hydrogen (secondary N) is 1. The van der Waals surface area contributed by atoms with E-state index in [0.29, 0.717) is 36.5 Å². The highest BCUT2D eigenvalue weighted by Crippen LogP contribution is 2.59. The van der Waals surface area contributed by atoms with E-state index in [9.17, 15) is 9.18 Å². The zero-order valence-corrected chi connectivity index (χ0v) is 18.9. The highest BCUT2D eigenvalue weighted by Gasteiger charge is 2.55. The molecule has 3 N–H and O–H groups in total. The Morgan fingerprint density at radius 2 is 1.70 bits per heavy atom. The number of alkyl halides is 1. The van der Waals surface area contributed by atoms with Gasteiger partial charge in [0.05, 0.1) is 7.18 Å². The van der Waals surface area contributed by atoms with Crippen molar-refractivity contribution < 1.29 is 9.18 Å². The van der Waals surface area contributed by atoms with Crippen LogP contribution in [0.5, 0.6) is 0 Å². The summed E-state index contributed by atoms with van der Waals surface area (Å²) in [5, 5.41) is 3.45. The van der Waals surface area contributed by atoms with Crippen LogP contribution < -0.4 is 11.1 Å². The zero-order valence-electron chi connectivity index (χ0n) is 18.9. The molecule has 30 heavy (non-hydrogen) atoms. The van der Waals surface area contributed by atoms with E-state index in [0.717, 1.165) is 44.4 Å². The number of hydrogen-bond donors (Lipinski definition) is 2. The quantitative estimate of drug-likeness (QED) is 0.720. The number of rotatable bonds is 3. The van der Waals surface area contributed by atoms with E-state index in [1.54, 1.807) is 0 Å². The van der Waals surface area contributed by atoms with Crippen LogP contribution in [-0.2, 0) is 10.2 Å². The largest absolute Gasteiger partial charge is 0.353 e. The second-order valence-electron chi connectivity index (χ2n) is 11.5. The molecule has 0 saturated heterocycles. The predicted octanol–water partition coefficient (Wildman–Crippen LogP) is 5.13. The van der Waals surface area contributed by atoms with Gasteiger partial charge in [0.1, 0.15) is 0 Å². The van der Waals surface area contributed by atoms with Crippen molar-refractivity contribution in [2.45, 2.75) is 89.1 Å². The number of carbonyl (C=O) groups is 1. The van der Waals surface area contributed by atoms with E-state index in [-0.39, 0.29) is 10.8 Å². The van der Waals surface area contributed by atoms with Crippen molar-refractivity contribution in [3.05, 3.63) is 35.9 Å². The van der Waals surface area contributed by atoms with E-state index >= 15 is 0 Å². The monoisotopic (exact) mass is 414 g/mol. The Morgan fingerprint density at radius 3 is 2.33 bits per heavy atom. The molecule has 4 heteroatoms. The Morgan fingerprint density at radius 1 is 1.03 bits per heavy atom. The highest BCUT2D eigenvalue weighted by molar-refractivity contribution is 5.83. The van der Waals surface area contributed by atoms with Crippen LogP contribution in [0.4, 0.5) is 4.39 Å². The van der Waals surface area contributed by atoms with Crippen LogP contribution in [-0.4, -0.2) is 25.2 Å². The van der Waals surface area contributed by atoms with Crippen LogP contribution in [0.15, 0.2) is 30.3 Å². The standard InChI is InChI=1S/C25H36N2O.CH3F/c1-17-8-18-10-23(2,16-25(9-17,11-18)19-6-4-3-5-7-19)22(28)27-21-14-24(15-21)12-20(26)13-24;1-2/h3-7,17-18,20-21H,8-16,26H2,1-2H3,(H,27,28);1H3. The van der Waals surface area contributed by atoms with Gasteiger partial charge in [-0.2, -0.15) is 0 Å². The van der Waals surface area contributed by atoms with E-state index in [4.69, 9.17) is 5.73 Å². The molecular weight excluding hydrogens is 375 g/mol. The Balaban J connectivity index is 0.00000106. The van der Waals surface area contributed by atoms with Crippen LogP contribution in [0.25, 0.3) is 0 Å². The summed E-state index contributed by atoms with van der Waals surface area (Å²) in [5.74, 6) is 1.74. The summed E-state index contributed by atoms with van der Waals surface area (Å²) in [6.07, 6.45) is 10.4. The number of hydrogen-bond acceptors (Lipinski definition) is 2. The third-order valence-corrected chi connectivity index (χ3v) is 8.64. The van der Waals surface area contributed by atoms with Gasteiger partial charge in [-0.25, -0.2) is 0 Å².